The van der Waals surface area contributed by atoms with Crippen LogP contribution < -0.4 is 0 Å². The van der Waals surface area contributed by atoms with Crippen molar-refractivity contribution in [3.05, 3.63) is 0 Å². The van der Waals surface area contributed by atoms with Crippen molar-refractivity contribution in [1.29, 1.82) is 0 Å². The third-order valence-corrected chi connectivity index (χ3v) is 4.14. The first-order chi connectivity index (χ1) is 8.81. The lowest BCUT2D eigenvalue weighted by molar-refractivity contribution is 0.558. The third kappa shape index (κ3) is 14.0. The lowest BCUT2D eigenvalue weighted by Gasteiger charge is -2.01. The summed E-state index contributed by atoms with van der Waals surface area (Å²) in [6, 6.07) is 0. The minimum Gasteiger partial charge on any atom is -0.149 e. The van der Waals surface area contributed by atoms with Crippen molar-refractivity contribution in [1.82, 2.24) is 0 Å². The van der Waals surface area contributed by atoms with Gasteiger partial charge in [-0.05, 0) is 19.6 Å². The lowest BCUT2D eigenvalue weighted by atomic mass is 10.1. The van der Waals surface area contributed by atoms with Gasteiger partial charge in [-0.1, -0.05) is 70.6 Å². The maximum Gasteiger partial charge on any atom is 0.0626 e. The van der Waals surface area contributed by atoms with Gasteiger partial charge in [0.2, 0.25) is 0 Å². The Morgan fingerprint density at radius 2 is 1.33 bits per heavy atom. The monoisotopic (exact) mass is 268 g/mol. The van der Waals surface area contributed by atoms with E-state index in [1.807, 2.05) is 11.8 Å². The molecule has 0 amide bonds. The summed E-state index contributed by atoms with van der Waals surface area (Å²) in [5, 5.41) is 0.508. The molecule has 0 fully saturated rings. The average molecular weight is 269 g/mol. The molecule has 1 unspecified atom stereocenters. The highest BCUT2D eigenvalue weighted by Crippen LogP contribution is 2.11. The van der Waals surface area contributed by atoms with Crippen LogP contribution in [0.25, 0.3) is 0 Å². The van der Waals surface area contributed by atoms with Crippen molar-refractivity contribution in [3.8, 4) is 11.8 Å². The summed E-state index contributed by atoms with van der Waals surface area (Å²) in [5.41, 5.74) is 0. The molecule has 0 aromatic rings. The molecule has 0 N–H and O–H groups in total. The fourth-order valence-electron chi connectivity index (χ4n) is 1.98. The van der Waals surface area contributed by atoms with Crippen LogP contribution in [0.1, 0.15) is 84.5 Å². The standard InChI is InChI=1S/C17H32S/c1-4-5-6-7-8-9-10-11-12-13-14-15-16-17(2)18-3/h17H,4-14H2,1-3H3. The first-order valence-electron chi connectivity index (χ1n) is 7.82. The van der Waals surface area contributed by atoms with E-state index in [9.17, 15) is 0 Å². The van der Waals surface area contributed by atoms with Gasteiger partial charge in [0, 0.05) is 6.42 Å². The molecule has 0 saturated carbocycles. The maximum absolute atomic E-state index is 3.29. The summed E-state index contributed by atoms with van der Waals surface area (Å²) in [7, 11) is 0. The summed E-state index contributed by atoms with van der Waals surface area (Å²) in [6.07, 6.45) is 17.3. The molecule has 0 heterocycles. The molecule has 0 saturated heterocycles. The van der Waals surface area contributed by atoms with Gasteiger partial charge in [-0.3, -0.25) is 0 Å². The Morgan fingerprint density at radius 3 is 1.83 bits per heavy atom. The molecule has 106 valence electrons. The van der Waals surface area contributed by atoms with Crippen molar-refractivity contribution in [2.24, 2.45) is 0 Å². The molecular formula is C17H32S. The second kappa shape index (κ2) is 15.0. The van der Waals surface area contributed by atoms with Crippen LogP contribution in [0.3, 0.4) is 0 Å². The Kier molecular flexibility index (Phi) is 14.9. The molecule has 0 aliphatic heterocycles. The summed E-state index contributed by atoms with van der Waals surface area (Å²) in [5.74, 6) is 6.57. The molecular weight excluding hydrogens is 236 g/mol. The summed E-state index contributed by atoms with van der Waals surface area (Å²) >= 11 is 1.83. The minimum absolute atomic E-state index is 0.508. The molecule has 18 heavy (non-hydrogen) atoms. The van der Waals surface area contributed by atoms with E-state index in [4.69, 9.17) is 0 Å². The van der Waals surface area contributed by atoms with Crippen LogP contribution in [0.5, 0.6) is 0 Å². The number of hydrogen-bond donors (Lipinski definition) is 0. The van der Waals surface area contributed by atoms with Crippen molar-refractivity contribution >= 4 is 11.8 Å². The van der Waals surface area contributed by atoms with E-state index < -0.39 is 0 Å². The largest absolute Gasteiger partial charge is 0.149 e. The van der Waals surface area contributed by atoms with E-state index in [0.717, 1.165) is 6.42 Å². The van der Waals surface area contributed by atoms with E-state index in [2.05, 4.69) is 31.9 Å². The van der Waals surface area contributed by atoms with E-state index in [0.29, 0.717) is 5.25 Å². The van der Waals surface area contributed by atoms with Gasteiger partial charge >= 0.3 is 0 Å². The van der Waals surface area contributed by atoms with Gasteiger partial charge in [-0.2, -0.15) is 0 Å². The van der Waals surface area contributed by atoms with Crippen LogP contribution in [0, 0.1) is 11.8 Å². The zero-order chi connectivity index (χ0) is 13.5. The Labute approximate surface area is 120 Å². The molecule has 0 aliphatic rings. The van der Waals surface area contributed by atoms with E-state index >= 15 is 0 Å². The third-order valence-electron chi connectivity index (χ3n) is 3.31. The van der Waals surface area contributed by atoms with Gasteiger partial charge in [0.15, 0.2) is 0 Å². The SMILES string of the molecule is CCCCCCCCCCCCC#CC(C)SC. The zero-order valence-electron chi connectivity index (χ0n) is 12.8. The van der Waals surface area contributed by atoms with Crippen molar-refractivity contribution in [2.45, 2.75) is 89.7 Å². The zero-order valence-corrected chi connectivity index (χ0v) is 13.6. The molecule has 0 spiro atoms. The minimum atomic E-state index is 0.508. The van der Waals surface area contributed by atoms with Crippen molar-refractivity contribution in [3.63, 3.8) is 0 Å². The Hall–Kier alpha value is -0.0900. The fraction of sp³-hybridized carbons (Fsp3) is 0.882. The van der Waals surface area contributed by atoms with Gasteiger partial charge in [0.05, 0.1) is 5.25 Å². The average Bonchev–Trinajstić information content (AvgIpc) is 2.39. The summed E-state index contributed by atoms with van der Waals surface area (Å²) in [6.45, 7) is 4.46. The second-order valence-corrected chi connectivity index (χ2v) is 6.31. The van der Waals surface area contributed by atoms with Gasteiger partial charge < -0.3 is 0 Å². The highest BCUT2D eigenvalue weighted by molar-refractivity contribution is 7.99. The molecule has 0 nitrogen and oxygen atoms in total. The summed E-state index contributed by atoms with van der Waals surface area (Å²) in [4.78, 5) is 0. The number of hydrogen-bond acceptors (Lipinski definition) is 1. The Bertz CT molecular complexity index is 211. The van der Waals surface area contributed by atoms with E-state index in [-0.39, 0.29) is 0 Å². The maximum atomic E-state index is 3.29. The molecule has 1 heteroatoms. The Morgan fingerprint density at radius 1 is 0.833 bits per heavy atom. The fourth-order valence-corrected chi connectivity index (χ4v) is 2.18. The highest BCUT2D eigenvalue weighted by atomic mass is 32.2. The number of unbranched alkanes of at least 4 members (excludes halogenated alkanes) is 10. The van der Waals surface area contributed by atoms with Gasteiger partial charge in [0.1, 0.15) is 0 Å². The van der Waals surface area contributed by atoms with Crippen LogP contribution in [-0.2, 0) is 0 Å². The quantitative estimate of drug-likeness (QED) is 0.324. The molecule has 0 aromatic heterocycles. The molecule has 0 rings (SSSR count). The lowest BCUT2D eigenvalue weighted by Crippen LogP contribution is -1.87. The van der Waals surface area contributed by atoms with Crippen molar-refractivity contribution in [2.75, 3.05) is 6.26 Å². The number of thioether (sulfide) groups is 1. The van der Waals surface area contributed by atoms with Gasteiger partial charge in [0.25, 0.3) is 0 Å². The van der Waals surface area contributed by atoms with Crippen molar-refractivity contribution < 1.29 is 0 Å². The number of rotatable bonds is 11. The smallest absolute Gasteiger partial charge is 0.0626 e. The molecule has 0 radical (unpaired) electrons. The first-order valence-corrected chi connectivity index (χ1v) is 9.11. The topological polar surface area (TPSA) is 0 Å². The molecule has 0 aromatic carbocycles. The predicted octanol–water partition coefficient (Wildman–Crippen LogP) is 6.05. The molecule has 0 aliphatic carbocycles. The van der Waals surface area contributed by atoms with Gasteiger partial charge in [-0.25, -0.2) is 0 Å². The van der Waals surface area contributed by atoms with E-state index in [1.165, 1.54) is 64.2 Å². The van der Waals surface area contributed by atoms with Crippen LogP contribution in [0.4, 0.5) is 0 Å². The second-order valence-electron chi connectivity index (χ2n) is 5.13. The first kappa shape index (κ1) is 17.9. The van der Waals surface area contributed by atoms with E-state index in [1.54, 1.807) is 0 Å². The van der Waals surface area contributed by atoms with Crippen LogP contribution in [-0.4, -0.2) is 11.5 Å². The van der Waals surface area contributed by atoms with Crippen LogP contribution in [0.15, 0.2) is 0 Å². The predicted molar refractivity (Wildman–Crippen MR) is 87.2 cm³/mol. The normalized spacial score (nSPS) is 11.9. The molecule has 1 atom stereocenters. The van der Waals surface area contributed by atoms with Crippen LogP contribution >= 0.6 is 11.8 Å². The summed E-state index contributed by atoms with van der Waals surface area (Å²) < 4.78 is 0. The van der Waals surface area contributed by atoms with Gasteiger partial charge in [-0.15, -0.1) is 17.7 Å². The Balaban J connectivity index is 3.09. The highest BCUT2D eigenvalue weighted by Gasteiger charge is 1.92. The molecule has 0 bridgehead atoms. The van der Waals surface area contributed by atoms with Crippen LogP contribution in [0.2, 0.25) is 0 Å².